The van der Waals surface area contributed by atoms with E-state index >= 15 is 0 Å². The number of pyridine rings is 1. The Morgan fingerprint density at radius 3 is 1.98 bits per heavy atom. The van der Waals surface area contributed by atoms with E-state index in [0.29, 0.717) is 0 Å². The van der Waals surface area contributed by atoms with E-state index in [-0.39, 0.29) is 6.17 Å². The van der Waals surface area contributed by atoms with Crippen molar-refractivity contribution in [3.8, 4) is 55.8 Å². The summed E-state index contributed by atoms with van der Waals surface area (Å²) in [7, 11) is 0. The maximum absolute atomic E-state index is 4.94. The summed E-state index contributed by atoms with van der Waals surface area (Å²) in [6, 6.07) is 69.2. The fourth-order valence-electron chi connectivity index (χ4n) is 9.88. The minimum Gasteiger partial charge on any atom is -0.359 e. The second-order valence-electron chi connectivity index (χ2n) is 16.3. The minimum absolute atomic E-state index is 0.0181. The smallest absolute Gasteiger partial charge is 0.131 e. The molecule has 0 radical (unpaired) electrons. The molecular formula is C59H41N3. The number of anilines is 3. The van der Waals surface area contributed by atoms with E-state index in [1.807, 2.05) is 19.2 Å². The summed E-state index contributed by atoms with van der Waals surface area (Å²) < 4.78 is 0. The predicted molar refractivity (Wildman–Crippen MR) is 263 cm³/mol. The Balaban J connectivity index is 0.986. The molecule has 62 heavy (non-hydrogen) atoms. The van der Waals surface area contributed by atoms with Gasteiger partial charge >= 0.3 is 0 Å². The molecule has 292 valence electrons. The molecule has 1 aromatic heterocycles. The Kier molecular flexibility index (Phi) is 8.46. The number of para-hydroxylation sites is 2. The van der Waals surface area contributed by atoms with E-state index in [2.05, 4.69) is 217 Å². The molecule has 9 aromatic carbocycles. The lowest BCUT2D eigenvalue weighted by atomic mass is 9.84. The highest BCUT2D eigenvalue weighted by atomic mass is 15.3. The lowest BCUT2D eigenvalue weighted by Crippen LogP contribution is -2.28. The number of rotatable bonds is 6. The average molecular weight is 792 g/mol. The molecule has 3 heteroatoms. The van der Waals surface area contributed by atoms with Crippen LogP contribution in [-0.4, -0.2) is 4.98 Å². The number of allylic oxidation sites excluding steroid dienone is 3. The van der Waals surface area contributed by atoms with E-state index in [1.54, 1.807) is 0 Å². The summed E-state index contributed by atoms with van der Waals surface area (Å²) in [6.07, 6.45) is 10.3. The van der Waals surface area contributed by atoms with Crippen molar-refractivity contribution in [2.75, 3.05) is 10.2 Å². The highest BCUT2D eigenvalue weighted by molar-refractivity contribution is 6.22. The van der Waals surface area contributed by atoms with Crippen molar-refractivity contribution in [3.05, 3.63) is 224 Å². The first-order chi connectivity index (χ1) is 30.7. The summed E-state index contributed by atoms with van der Waals surface area (Å²) >= 11 is 0. The maximum atomic E-state index is 4.94. The van der Waals surface area contributed by atoms with Gasteiger partial charge in [-0.2, -0.15) is 0 Å². The number of nitrogens with one attached hydrogen (secondary N) is 1. The number of fused-ring (bicyclic) bond motifs is 11. The van der Waals surface area contributed by atoms with Crippen molar-refractivity contribution in [1.82, 2.24) is 4.98 Å². The van der Waals surface area contributed by atoms with Gasteiger partial charge in [-0.1, -0.05) is 164 Å². The molecule has 0 saturated carbocycles. The lowest BCUT2D eigenvalue weighted by molar-refractivity contribution is 0.814. The van der Waals surface area contributed by atoms with Crippen LogP contribution in [0.1, 0.15) is 24.2 Å². The number of aromatic nitrogens is 1. The molecule has 0 saturated heterocycles. The maximum Gasteiger partial charge on any atom is 0.131 e. The van der Waals surface area contributed by atoms with E-state index in [0.717, 1.165) is 17.1 Å². The van der Waals surface area contributed by atoms with Crippen LogP contribution in [0.5, 0.6) is 0 Å². The zero-order chi connectivity index (χ0) is 41.1. The third-order valence-electron chi connectivity index (χ3n) is 12.7. The average Bonchev–Trinajstić information content (AvgIpc) is 3.73. The third-order valence-corrected chi connectivity index (χ3v) is 12.7. The van der Waals surface area contributed by atoms with Crippen molar-refractivity contribution in [1.29, 1.82) is 0 Å². The van der Waals surface area contributed by atoms with Gasteiger partial charge in [-0.3, -0.25) is 4.98 Å². The molecule has 10 aromatic rings. The molecule has 0 bridgehead atoms. The highest BCUT2D eigenvalue weighted by Gasteiger charge is 2.38. The molecule has 2 aliphatic heterocycles. The van der Waals surface area contributed by atoms with Gasteiger partial charge < -0.3 is 10.2 Å². The van der Waals surface area contributed by atoms with Gasteiger partial charge in [-0.15, -0.1) is 0 Å². The van der Waals surface area contributed by atoms with Gasteiger partial charge in [0.2, 0.25) is 0 Å². The first-order valence-electron chi connectivity index (χ1n) is 21.4. The number of nitrogens with zero attached hydrogens (tertiary/aromatic N) is 2. The van der Waals surface area contributed by atoms with Crippen molar-refractivity contribution >= 4 is 55.5 Å². The molecule has 3 heterocycles. The monoisotopic (exact) mass is 791 g/mol. The second-order valence-corrected chi connectivity index (χ2v) is 16.3. The van der Waals surface area contributed by atoms with Gasteiger partial charge in [0, 0.05) is 17.3 Å². The van der Waals surface area contributed by atoms with Crippen molar-refractivity contribution in [2.45, 2.75) is 13.1 Å². The first-order valence-corrected chi connectivity index (χ1v) is 21.4. The van der Waals surface area contributed by atoms with Crippen LogP contribution in [0.4, 0.5) is 17.1 Å². The first kappa shape index (κ1) is 35.9. The zero-order valence-electron chi connectivity index (χ0n) is 34.3. The molecule has 1 N–H and O–H groups in total. The Morgan fingerprint density at radius 1 is 0.484 bits per heavy atom. The molecule has 12 rings (SSSR count). The second kappa shape index (κ2) is 14.6. The summed E-state index contributed by atoms with van der Waals surface area (Å²) in [5.74, 6) is 0. The normalized spacial score (nSPS) is 14.0. The molecule has 2 aliphatic rings. The van der Waals surface area contributed by atoms with Crippen LogP contribution < -0.4 is 10.2 Å². The lowest BCUT2D eigenvalue weighted by Gasteiger charge is -2.34. The SMILES string of the molecule is C/C=C\C=C/c1cccc(-c2c3ccccc3c(-c3ccc4ccccc4c3)c3cc(-c4ccc(-c5ccc6c(c5)-c5ncccc5N5c7ccccc7NC65)cc4)ccc23)c1. The van der Waals surface area contributed by atoms with Crippen molar-refractivity contribution in [2.24, 2.45) is 0 Å². The third kappa shape index (κ3) is 5.85. The van der Waals surface area contributed by atoms with Crippen LogP contribution in [-0.2, 0) is 0 Å². The van der Waals surface area contributed by atoms with E-state index in [1.165, 1.54) is 99.2 Å². The number of benzene rings is 9. The quantitative estimate of drug-likeness (QED) is 0.134. The van der Waals surface area contributed by atoms with Gasteiger partial charge in [-0.05, 0) is 138 Å². The van der Waals surface area contributed by atoms with E-state index < -0.39 is 0 Å². The van der Waals surface area contributed by atoms with E-state index in [9.17, 15) is 0 Å². The van der Waals surface area contributed by atoms with Crippen LogP contribution in [0.2, 0.25) is 0 Å². The van der Waals surface area contributed by atoms with Crippen LogP contribution >= 0.6 is 0 Å². The van der Waals surface area contributed by atoms with E-state index in [4.69, 9.17) is 4.98 Å². The Labute approximate surface area is 361 Å². The van der Waals surface area contributed by atoms with Gasteiger partial charge in [0.25, 0.3) is 0 Å². The van der Waals surface area contributed by atoms with Gasteiger partial charge in [-0.25, -0.2) is 0 Å². The molecule has 0 spiro atoms. The Hall–Kier alpha value is -8.01. The summed E-state index contributed by atoms with van der Waals surface area (Å²) in [4.78, 5) is 7.32. The largest absolute Gasteiger partial charge is 0.359 e. The Morgan fingerprint density at radius 2 is 1.15 bits per heavy atom. The highest BCUT2D eigenvalue weighted by Crippen LogP contribution is 2.54. The fourth-order valence-corrected chi connectivity index (χ4v) is 9.88. The minimum atomic E-state index is 0.0181. The molecule has 0 fully saturated rings. The number of hydrogen-bond acceptors (Lipinski definition) is 3. The molecule has 0 aliphatic carbocycles. The Bertz CT molecular complexity index is 3470. The fraction of sp³-hybridized carbons (Fsp3) is 0.0339. The van der Waals surface area contributed by atoms with Gasteiger partial charge in [0.15, 0.2) is 0 Å². The summed E-state index contributed by atoms with van der Waals surface area (Å²) in [5.41, 5.74) is 17.7. The summed E-state index contributed by atoms with van der Waals surface area (Å²) in [5, 5.41) is 11.2. The van der Waals surface area contributed by atoms with Crippen LogP contribution in [0.25, 0.3) is 94.2 Å². The number of hydrogen-bond donors (Lipinski definition) is 1. The molecule has 3 nitrogen and oxygen atoms in total. The van der Waals surface area contributed by atoms with Crippen LogP contribution in [0.3, 0.4) is 0 Å². The van der Waals surface area contributed by atoms with Crippen LogP contribution in [0.15, 0.2) is 212 Å². The molecule has 1 atom stereocenters. The molecule has 1 unspecified atom stereocenters. The van der Waals surface area contributed by atoms with Gasteiger partial charge in [0.05, 0.1) is 22.8 Å². The topological polar surface area (TPSA) is 28.2 Å². The summed E-state index contributed by atoms with van der Waals surface area (Å²) in [6.45, 7) is 2.05. The van der Waals surface area contributed by atoms with Crippen molar-refractivity contribution < 1.29 is 0 Å². The molecule has 0 amide bonds. The van der Waals surface area contributed by atoms with Crippen LogP contribution in [0, 0.1) is 0 Å². The zero-order valence-corrected chi connectivity index (χ0v) is 34.3. The molecular weight excluding hydrogens is 751 g/mol. The van der Waals surface area contributed by atoms with Crippen molar-refractivity contribution in [3.63, 3.8) is 0 Å². The van der Waals surface area contributed by atoms with Gasteiger partial charge in [0.1, 0.15) is 6.17 Å². The standard InChI is InChI=1S/C59H41N3/c1-2-3-4-13-38-14-11-17-45(34-38)56-47-18-7-8-19-48(47)57(46-28-27-39-15-5-6-16-42(39)35-46)51-36-43(29-31-49(51)56)40-23-25-41(26-24-40)44-30-32-50-52(37-44)58-55(22-12-33-60-58)62-54-21-10-9-20-53(54)61-59(50)62/h2-37,59,61H,1H3/b3-2-,13-4-. The predicted octanol–water partition coefficient (Wildman–Crippen LogP) is 16.0.